The van der Waals surface area contributed by atoms with Crippen LogP contribution in [0.2, 0.25) is 0 Å². The maximum Gasteiger partial charge on any atom is 0.310 e. The number of ether oxygens (including phenoxy) is 2. The van der Waals surface area contributed by atoms with Crippen LogP contribution >= 0.6 is 0 Å². The average molecular weight is 298 g/mol. The second-order valence-electron chi connectivity index (χ2n) is 4.85. The molecule has 0 heterocycles. The van der Waals surface area contributed by atoms with E-state index in [0.29, 0.717) is 5.56 Å². The molecule has 0 saturated carbocycles. The van der Waals surface area contributed by atoms with Crippen LogP contribution in [0, 0.1) is 5.82 Å². The fourth-order valence-corrected chi connectivity index (χ4v) is 1.62. The highest BCUT2D eigenvalue weighted by molar-refractivity contribution is 5.73. The van der Waals surface area contributed by atoms with Crippen LogP contribution in [0.1, 0.15) is 26.3 Å². The number of alkyl halides is 1. The molecule has 0 saturated heterocycles. The topological polar surface area (TPSA) is 35.5 Å². The van der Waals surface area contributed by atoms with Crippen LogP contribution in [0.5, 0.6) is 5.75 Å². The molecule has 5 heteroatoms. The van der Waals surface area contributed by atoms with Gasteiger partial charge in [0.25, 0.3) is 0 Å². The first-order valence-electron chi connectivity index (χ1n) is 6.73. The number of carbonyl (C=O) groups excluding carboxylic acids is 1. The van der Waals surface area contributed by atoms with Gasteiger partial charge in [-0.15, -0.1) is 0 Å². The molecule has 1 rings (SSSR count). The molecule has 0 amide bonds. The van der Waals surface area contributed by atoms with Crippen molar-refractivity contribution in [2.75, 3.05) is 6.61 Å². The molecule has 0 N–H and O–H groups in total. The number of esters is 1. The zero-order valence-corrected chi connectivity index (χ0v) is 12.5. The SMILES string of the molecule is C=CC(C)(F)[C@@H](C)Oc1cc(F)ccc1CC(=O)OCC. The van der Waals surface area contributed by atoms with E-state index in [2.05, 4.69) is 6.58 Å². The first-order valence-corrected chi connectivity index (χ1v) is 6.73. The molecule has 0 fully saturated rings. The Bertz CT molecular complexity index is 512. The quantitative estimate of drug-likeness (QED) is 0.570. The Balaban J connectivity index is 2.97. The first-order chi connectivity index (χ1) is 9.80. The fraction of sp³-hybridized carbons (Fsp3) is 0.438. The maximum atomic E-state index is 14.1. The number of carbonyl (C=O) groups is 1. The summed E-state index contributed by atoms with van der Waals surface area (Å²) in [5.41, 5.74) is -1.32. The normalized spacial score (nSPS) is 14.9. The summed E-state index contributed by atoms with van der Waals surface area (Å²) in [6, 6.07) is 3.77. The average Bonchev–Trinajstić information content (AvgIpc) is 2.42. The summed E-state index contributed by atoms with van der Waals surface area (Å²) < 4.78 is 37.8. The van der Waals surface area contributed by atoms with Crippen molar-refractivity contribution >= 4 is 5.97 Å². The Hall–Kier alpha value is -1.91. The number of benzene rings is 1. The summed E-state index contributed by atoms with van der Waals surface area (Å²) in [4.78, 5) is 11.5. The highest BCUT2D eigenvalue weighted by Crippen LogP contribution is 2.27. The molecule has 1 aromatic rings. The second-order valence-corrected chi connectivity index (χ2v) is 4.85. The molecule has 0 radical (unpaired) electrons. The third-order valence-corrected chi connectivity index (χ3v) is 3.17. The Kier molecular flexibility index (Phi) is 5.88. The van der Waals surface area contributed by atoms with Gasteiger partial charge in [-0.1, -0.05) is 18.7 Å². The van der Waals surface area contributed by atoms with Gasteiger partial charge in [-0.05, 0) is 26.8 Å². The zero-order chi connectivity index (χ0) is 16.0. The Morgan fingerprint density at radius 1 is 1.52 bits per heavy atom. The van der Waals surface area contributed by atoms with Gasteiger partial charge < -0.3 is 9.47 Å². The predicted molar refractivity (Wildman–Crippen MR) is 76.5 cm³/mol. The van der Waals surface area contributed by atoms with Crippen LogP contribution in [0.15, 0.2) is 30.9 Å². The largest absolute Gasteiger partial charge is 0.487 e. The van der Waals surface area contributed by atoms with Crippen LogP contribution in [0.25, 0.3) is 0 Å². The van der Waals surface area contributed by atoms with Crippen molar-refractivity contribution in [2.24, 2.45) is 0 Å². The van der Waals surface area contributed by atoms with Gasteiger partial charge in [0, 0.05) is 11.6 Å². The molecule has 1 aromatic carbocycles. The number of rotatable bonds is 7. The van der Waals surface area contributed by atoms with Crippen LogP contribution in [0.4, 0.5) is 8.78 Å². The van der Waals surface area contributed by atoms with Gasteiger partial charge in [-0.2, -0.15) is 0 Å². The first kappa shape index (κ1) is 17.1. The van der Waals surface area contributed by atoms with Crippen LogP contribution in [-0.2, 0) is 16.0 Å². The van der Waals surface area contributed by atoms with Crippen LogP contribution in [0.3, 0.4) is 0 Å². The summed E-state index contributed by atoms with van der Waals surface area (Å²) in [5, 5.41) is 0. The van der Waals surface area contributed by atoms with Crippen LogP contribution in [-0.4, -0.2) is 24.3 Å². The summed E-state index contributed by atoms with van der Waals surface area (Å²) in [7, 11) is 0. The van der Waals surface area contributed by atoms with Crippen molar-refractivity contribution in [3.63, 3.8) is 0 Å². The summed E-state index contributed by atoms with van der Waals surface area (Å²) in [5.74, 6) is -0.849. The van der Waals surface area contributed by atoms with Gasteiger partial charge in [0.05, 0.1) is 13.0 Å². The molecule has 2 atom stereocenters. The summed E-state index contributed by atoms with van der Waals surface area (Å²) in [6.45, 7) is 8.18. The lowest BCUT2D eigenvalue weighted by Crippen LogP contribution is -2.35. The minimum atomic E-state index is -1.77. The van der Waals surface area contributed by atoms with Gasteiger partial charge in [0.15, 0.2) is 5.67 Å². The van der Waals surface area contributed by atoms with E-state index in [1.165, 1.54) is 26.0 Å². The molecule has 0 aliphatic rings. The monoisotopic (exact) mass is 298 g/mol. The smallest absolute Gasteiger partial charge is 0.310 e. The van der Waals surface area contributed by atoms with Crippen LogP contribution < -0.4 is 4.74 Å². The molecule has 21 heavy (non-hydrogen) atoms. The molecule has 0 bridgehead atoms. The highest BCUT2D eigenvalue weighted by atomic mass is 19.1. The maximum absolute atomic E-state index is 14.1. The molecule has 1 unspecified atom stereocenters. The van der Waals surface area contributed by atoms with Crippen molar-refractivity contribution in [1.29, 1.82) is 0 Å². The van der Waals surface area contributed by atoms with E-state index in [9.17, 15) is 13.6 Å². The van der Waals surface area contributed by atoms with Gasteiger partial charge in [-0.3, -0.25) is 4.79 Å². The Morgan fingerprint density at radius 2 is 2.19 bits per heavy atom. The standard InChI is InChI=1S/C16H20F2O3/c1-5-16(4,18)11(3)21-14-10-13(17)8-7-12(14)9-15(19)20-6-2/h5,7-8,10-11H,1,6,9H2,2-4H3/t11-,16?/m1/s1. The lowest BCUT2D eigenvalue weighted by atomic mass is 10.0. The summed E-state index contributed by atoms with van der Waals surface area (Å²) >= 11 is 0. The molecular weight excluding hydrogens is 278 g/mol. The minimum Gasteiger partial charge on any atom is -0.487 e. The highest BCUT2D eigenvalue weighted by Gasteiger charge is 2.29. The van der Waals surface area contributed by atoms with Gasteiger partial charge in [-0.25, -0.2) is 8.78 Å². The lowest BCUT2D eigenvalue weighted by molar-refractivity contribution is -0.142. The van der Waals surface area contributed by atoms with E-state index >= 15 is 0 Å². The Morgan fingerprint density at radius 3 is 2.76 bits per heavy atom. The fourth-order valence-electron chi connectivity index (χ4n) is 1.62. The molecule has 116 valence electrons. The predicted octanol–water partition coefficient (Wildman–Crippen LogP) is 3.61. The van der Waals surface area contributed by atoms with Gasteiger partial charge >= 0.3 is 5.97 Å². The lowest BCUT2D eigenvalue weighted by Gasteiger charge is -2.26. The molecule has 0 aromatic heterocycles. The van der Waals surface area contributed by atoms with E-state index in [-0.39, 0.29) is 18.8 Å². The summed E-state index contributed by atoms with van der Waals surface area (Å²) in [6.07, 6.45) is 0.188. The third kappa shape index (κ3) is 4.85. The van der Waals surface area contributed by atoms with Crippen molar-refractivity contribution in [3.8, 4) is 5.75 Å². The van der Waals surface area contributed by atoms with E-state index in [4.69, 9.17) is 9.47 Å². The zero-order valence-electron chi connectivity index (χ0n) is 12.5. The third-order valence-electron chi connectivity index (χ3n) is 3.17. The number of hydrogen-bond donors (Lipinski definition) is 0. The molecule has 3 nitrogen and oxygen atoms in total. The Labute approximate surface area is 123 Å². The van der Waals surface area contributed by atoms with E-state index in [1.807, 2.05) is 0 Å². The van der Waals surface area contributed by atoms with E-state index in [1.54, 1.807) is 6.92 Å². The van der Waals surface area contributed by atoms with Crippen molar-refractivity contribution in [1.82, 2.24) is 0 Å². The minimum absolute atomic E-state index is 0.0622. The molecule has 0 spiro atoms. The van der Waals surface area contributed by atoms with Gasteiger partial charge in [0.2, 0.25) is 0 Å². The van der Waals surface area contributed by atoms with E-state index < -0.39 is 23.6 Å². The molecule has 0 aliphatic heterocycles. The van der Waals surface area contributed by atoms with Crippen molar-refractivity contribution < 1.29 is 23.0 Å². The molecule has 0 aliphatic carbocycles. The van der Waals surface area contributed by atoms with E-state index in [0.717, 1.165) is 12.1 Å². The van der Waals surface area contributed by atoms with Crippen molar-refractivity contribution in [2.45, 2.75) is 39.0 Å². The second kappa shape index (κ2) is 7.20. The van der Waals surface area contributed by atoms with Gasteiger partial charge in [0.1, 0.15) is 17.7 Å². The van der Waals surface area contributed by atoms with Crippen molar-refractivity contribution in [3.05, 3.63) is 42.2 Å². The number of hydrogen-bond acceptors (Lipinski definition) is 3. The molecular formula is C16H20F2O3. The number of halogens is 2.